The molecule has 2 N–H and O–H groups in total. The summed E-state index contributed by atoms with van der Waals surface area (Å²) in [4.78, 5) is 11.8. The summed E-state index contributed by atoms with van der Waals surface area (Å²) in [6, 6.07) is 14.9. The second-order valence-corrected chi connectivity index (χ2v) is 5.24. The van der Waals surface area contributed by atoms with Crippen molar-refractivity contribution in [3.8, 4) is 17.2 Å². The number of hydrogen-bond acceptors (Lipinski definition) is 4. The number of methoxy groups -OCH3 is 2. The first-order chi connectivity index (χ1) is 12.2. The third-order valence-electron chi connectivity index (χ3n) is 3.59. The van der Waals surface area contributed by atoms with E-state index in [4.69, 9.17) is 14.2 Å². The van der Waals surface area contributed by atoms with Crippen molar-refractivity contribution in [2.75, 3.05) is 33.9 Å². The molecule has 0 bridgehead atoms. The zero-order valence-corrected chi connectivity index (χ0v) is 14.6. The molecule has 2 amide bonds. The quantitative estimate of drug-likeness (QED) is 0.686. The number of urea groups is 1. The summed E-state index contributed by atoms with van der Waals surface area (Å²) >= 11 is 0. The summed E-state index contributed by atoms with van der Waals surface area (Å²) in [5.41, 5.74) is 1.06. The molecule has 0 saturated heterocycles. The average molecular weight is 344 g/mol. The Balaban J connectivity index is 1.64. The van der Waals surface area contributed by atoms with E-state index in [0.29, 0.717) is 37.6 Å². The molecule has 0 fully saturated rings. The Morgan fingerprint density at radius 2 is 1.44 bits per heavy atom. The zero-order chi connectivity index (χ0) is 17.9. The van der Waals surface area contributed by atoms with Gasteiger partial charge < -0.3 is 24.8 Å². The van der Waals surface area contributed by atoms with E-state index in [1.807, 2.05) is 48.5 Å². The highest BCUT2D eigenvalue weighted by molar-refractivity contribution is 5.73. The molecule has 25 heavy (non-hydrogen) atoms. The van der Waals surface area contributed by atoms with Crippen LogP contribution in [0.2, 0.25) is 0 Å². The Hall–Kier alpha value is -2.89. The SMILES string of the molecule is COc1ccccc1CCNC(=O)NCCOc1ccccc1OC. The molecule has 0 aliphatic heterocycles. The molecule has 2 aromatic carbocycles. The van der Waals surface area contributed by atoms with E-state index in [2.05, 4.69) is 10.6 Å². The van der Waals surface area contributed by atoms with Gasteiger partial charge >= 0.3 is 6.03 Å². The van der Waals surface area contributed by atoms with Gasteiger partial charge in [0.15, 0.2) is 11.5 Å². The molecule has 0 aromatic heterocycles. The number of rotatable bonds is 9. The van der Waals surface area contributed by atoms with Crippen LogP contribution in [0.4, 0.5) is 4.79 Å². The summed E-state index contributed by atoms with van der Waals surface area (Å²) in [7, 11) is 3.23. The van der Waals surface area contributed by atoms with Gasteiger partial charge in [-0.2, -0.15) is 0 Å². The predicted octanol–water partition coefficient (Wildman–Crippen LogP) is 2.62. The molecule has 2 aromatic rings. The maximum absolute atomic E-state index is 11.8. The van der Waals surface area contributed by atoms with Crippen molar-refractivity contribution in [3.05, 3.63) is 54.1 Å². The fourth-order valence-corrected chi connectivity index (χ4v) is 2.35. The molecular weight excluding hydrogens is 320 g/mol. The molecule has 0 aliphatic carbocycles. The van der Waals surface area contributed by atoms with Crippen molar-refractivity contribution in [2.24, 2.45) is 0 Å². The smallest absolute Gasteiger partial charge is 0.314 e. The van der Waals surface area contributed by atoms with Crippen LogP contribution < -0.4 is 24.8 Å². The lowest BCUT2D eigenvalue weighted by molar-refractivity contribution is 0.235. The lowest BCUT2D eigenvalue weighted by Gasteiger charge is -2.12. The molecular formula is C19H24N2O4. The van der Waals surface area contributed by atoms with Crippen LogP contribution in [-0.4, -0.2) is 39.9 Å². The standard InChI is InChI=1S/C19H24N2O4/c1-23-16-8-4-3-7-15(16)11-12-20-19(22)21-13-14-25-18-10-6-5-9-17(18)24-2/h3-10H,11-14H2,1-2H3,(H2,20,21,22). The van der Waals surface area contributed by atoms with Crippen LogP contribution in [0, 0.1) is 0 Å². The number of para-hydroxylation sites is 3. The second kappa shape index (κ2) is 10.1. The van der Waals surface area contributed by atoms with Crippen LogP contribution in [0.25, 0.3) is 0 Å². The van der Waals surface area contributed by atoms with Gasteiger partial charge in [-0.25, -0.2) is 4.79 Å². The molecule has 0 unspecified atom stereocenters. The number of hydrogen-bond donors (Lipinski definition) is 2. The molecule has 6 nitrogen and oxygen atoms in total. The summed E-state index contributed by atoms with van der Waals surface area (Å²) in [5.74, 6) is 2.15. The monoisotopic (exact) mass is 344 g/mol. The molecule has 134 valence electrons. The number of benzene rings is 2. The Bertz CT molecular complexity index is 676. The van der Waals surface area contributed by atoms with E-state index in [-0.39, 0.29) is 6.03 Å². The van der Waals surface area contributed by atoms with Crippen molar-refractivity contribution in [1.82, 2.24) is 10.6 Å². The lowest BCUT2D eigenvalue weighted by atomic mass is 10.1. The van der Waals surface area contributed by atoms with Gasteiger partial charge in [0.1, 0.15) is 12.4 Å². The molecule has 0 radical (unpaired) electrons. The van der Waals surface area contributed by atoms with E-state index in [0.717, 1.165) is 11.3 Å². The largest absolute Gasteiger partial charge is 0.496 e. The predicted molar refractivity (Wildman–Crippen MR) is 96.6 cm³/mol. The third kappa shape index (κ3) is 5.91. The van der Waals surface area contributed by atoms with Crippen molar-refractivity contribution < 1.29 is 19.0 Å². The van der Waals surface area contributed by atoms with Gasteiger partial charge in [-0.3, -0.25) is 0 Å². The molecule has 0 atom stereocenters. The van der Waals surface area contributed by atoms with E-state index in [1.54, 1.807) is 14.2 Å². The number of amides is 2. The van der Waals surface area contributed by atoms with Crippen LogP contribution in [0.5, 0.6) is 17.2 Å². The average Bonchev–Trinajstić information content (AvgIpc) is 2.66. The van der Waals surface area contributed by atoms with Crippen LogP contribution in [0.1, 0.15) is 5.56 Å². The first-order valence-electron chi connectivity index (χ1n) is 8.14. The Morgan fingerprint density at radius 3 is 2.16 bits per heavy atom. The van der Waals surface area contributed by atoms with Gasteiger partial charge in [0.2, 0.25) is 0 Å². The molecule has 0 spiro atoms. The molecule has 0 aliphatic rings. The van der Waals surface area contributed by atoms with Crippen molar-refractivity contribution >= 4 is 6.03 Å². The van der Waals surface area contributed by atoms with Crippen molar-refractivity contribution in [1.29, 1.82) is 0 Å². The van der Waals surface area contributed by atoms with Crippen molar-refractivity contribution in [3.63, 3.8) is 0 Å². The van der Waals surface area contributed by atoms with E-state index in [9.17, 15) is 4.79 Å². The molecule has 0 heterocycles. The van der Waals surface area contributed by atoms with Gasteiger partial charge in [0, 0.05) is 6.54 Å². The molecule has 2 rings (SSSR count). The molecule has 6 heteroatoms. The van der Waals surface area contributed by atoms with Crippen LogP contribution in [0.15, 0.2) is 48.5 Å². The highest BCUT2D eigenvalue weighted by Gasteiger charge is 2.05. The van der Waals surface area contributed by atoms with Gasteiger partial charge in [-0.15, -0.1) is 0 Å². The topological polar surface area (TPSA) is 68.8 Å². The minimum atomic E-state index is -0.224. The van der Waals surface area contributed by atoms with Gasteiger partial charge in [0.25, 0.3) is 0 Å². The number of nitrogens with one attached hydrogen (secondary N) is 2. The number of ether oxygens (including phenoxy) is 3. The maximum atomic E-state index is 11.8. The highest BCUT2D eigenvalue weighted by atomic mass is 16.5. The van der Waals surface area contributed by atoms with Crippen LogP contribution in [0.3, 0.4) is 0 Å². The highest BCUT2D eigenvalue weighted by Crippen LogP contribution is 2.25. The van der Waals surface area contributed by atoms with E-state index < -0.39 is 0 Å². The Morgan fingerprint density at radius 1 is 0.840 bits per heavy atom. The third-order valence-corrected chi connectivity index (χ3v) is 3.59. The first kappa shape index (κ1) is 18.4. The van der Waals surface area contributed by atoms with Crippen LogP contribution >= 0.6 is 0 Å². The van der Waals surface area contributed by atoms with Crippen molar-refractivity contribution in [2.45, 2.75) is 6.42 Å². The maximum Gasteiger partial charge on any atom is 0.314 e. The van der Waals surface area contributed by atoms with Crippen LogP contribution in [-0.2, 0) is 6.42 Å². The molecule has 0 saturated carbocycles. The number of carbonyl (C=O) groups excluding carboxylic acids is 1. The fraction of sp³-hybridized carbons (Fsp3) is 0.316. The van der Waals surface area contributed by atoms with E-state index in [1.165, 1.54) is 0 Å². The van der Waals surface area contributed by atoms with Gasteiger partial charge in [-0.1, -0.05) is 30.3 Å². The summed E-state index contributed by atoms with van der Waals surface area (Å²) < 4.78 is 16.1. The summed E-state index contributed by atoms with van der Waals surface area (Å²) in [6.45, 7) is 1.29. The minimum absolute atomic E-state index is 0.224. The lowest BCUT2D eigenvalue weighted by Crippen LogP contribution is -2.38. The van der Waals surface area contributed by atoms with Gasteiger partial charge in [0.05, 0.1) is 20.8 Å². The minimum Gasteiger partial charge on any atom is -0.496 e. The van der Waals surface area contributed by atoms with Gasteiger partial charge in [-0.05, 0) is 30.2 Å². The Kier molecular flexibility index (Phi) is 7.43. The summed E-state index contributed by atoms with van der Waals surface area (Å²) in [6.07, 6.45) is 0.704. The fourth-order valence-electron chi connectivity index (χ4n) is 2.35. The summed E-state index contributed by atoms with van der Waals surface area (Å²) in [5, 5.41) is 5.58. The number of carbonyl (C=O) groups is 1. The second-order valence-electron chi connectivity index (χ2n) is 5.24. The van der Waals surface area contributed by atoms with E-state index >= 15 is 0 Å². The zero-order valence-electron chi connectivity index (χ0n) is 14.6. The first-order valence-corrected chi connectivity index (χ1v) is 8.14. The Labute approximate surface area is 148 Å². The normalized spacial score (nSPS) is 10.0.